The van der Waals surface area contributed by atoms with Crippen molar-refractivity contribution in [1.82, 2.24) is 10.1 Å². The third-order valence-electron chi connectivity index (χ3n) is 5.10. The molecule has 0 N–H and O–H groups in total. The van der Waals surface area contributed by atoms with E-state index < -0.39 is 0 Å². The fraction of sp³-hybridized carbons (Fsp3) is 0.500. The van der Waals surface area contributed by atoms with Crippen molar-refractivity contribution in [2.75, 3.05) is 13.7 Å². The third kappa shape index (κ3) is 3.65. The van der Waals surface area contributed by atoms with E-state index >= 15 is 0 Å². The summed E-state index contributed by atoms with van der Waals surface area (Å²) in [6.07, 6.45) is 2.85. The van der Waals surface area contributed by atoms with E-state index in [2.05, 4.69) is 5.16 Å². The fourth-order valence-electron chi connectivity index (χ4n) is 3.77. The third-order valence-corrected chi connectivity index (χ3v) is 5.10. The van der Waals surface area contributed by atoms with Crippen molar-refractivity contribution in [3.63, 3.8) is 0 Å². The van der Waals surface area contributed by atoms with E-state index in [0.717, 1.165) is 18.4 Å². The zero-order valence-electron chi connectivity index (χ0n) is 15.5. The lowest BCUT2D eigenvalue weighted by Crippen LogP contribution is -2.53. The Bertz CT molecular complexity index is 774. The summed E-state index contributed by atoms with van der Waals surface area (Å²) in [4.78, 5) is 15.1. The van der Waals surface area contributed by atoms with Crippen molar-refractivity contribution in [2.45, 2.75) is 51.7 Å². The number of amides is 1. The van der Waals surface area contributed by atoms with Crippen molar-refractivity contribution in [1.29, 1.82) is 0 Å². The Kier molecular flexibility index (Phi) is 5.71. The lowest BCUT2D eigenvalue weighted by molar-refractivity contribution is -0.0118. The molecule has 3 rings (SSSR count). The van der Waals surface area contributed by atoms with Crippen LogP contribution in [-0.2, 0) is 17.6 Å². The first-order valence-corrected chi connectivity index (χ1v) is 9.08. The van der Waals surface area contributed by atoms with Gasteiger partial charge in [-0.25, -0.2) is 4.39 Å². The minimum atomic E-state index is -0.270. The van der Waals surface area contributed by atoms with Crippen molar-refractivity contribution in [3.05, 3.63) is 52.7 Å². The molecule has 1 fully saturated rings. The van der Waals surface area contributed by atoms with Crippen LogP contribution in [0.2, 0.25) is 0 Å². The Hall–Kier alpha value is -2.21. The van der Waals surface area contributed by atoms with E-state index in [-0.39, 0.29) is 23.9 Å². The van der Waals surface area contributed by atoms with Gasteiger partial charge in [-0.3, -0.25) is 4.79 Å². The summed E-state index contributed by atoms with van der Waals surface area (Å²) in [5.74, 6) is 0.188. The molecule has 0 spiro atoms. The molecule has 1 saturated heterocycles. The molecule has 5 nitrogen and oxygen atoms in total. The molecule has 2 heterocycles. The number of piperidine rings is 1. The summed E-state index contributed by atoms with van der Waals surface area (Å²) in [5, 5.41) is 4.01. The van der Waals surface area contributed by atoms with Gasteiger partial charge in [0.2, 0.25) is 0 Å². The lowest BCUT2D eigenvalue weighted by Gasteiger charge is -2.41. The largest absolute Gasteiger partial charge is 0.379 e. The predicted molar refractivity (Wildman–Crippen MR) is 95.6 cm³/mol. The standard InChI is InChI=1S/C20H25FN2O3/c1-4-16-19(13(2)26-22-16)20(24)23-10-6-9-18(25-3)17(23)12-14-7-5-8-15(21)11-14/h5,7-8,11,17-18H,4,6,9-10,12H2,1-3H3/t17-,18-/m0/s1. The van der Waals surface area contributed by atoms with Gasteiger partial charge in [-0.1, -0.05) is 24.2 Å². The number of carbonyl (C=O) groups is 1. The Morgan fingerprint density at radius 1 is 1.46 bits per heavy atom. The predicted octanol–water partition coefficient (Wildman–Crippen LogP) is 3.55. The van der Waals surface area contributed by atoms with E-state index in [1.807, 2.05) is 17.9 Å². The molecule has 26 heavy (non-hydrogen) atoms. The molecular formula is C20H25FN2O3. The molecule has 0 unspecified atom stereocenters. The molecule has 1 aliphatic rings. The summed E-state index contributed by atoms with van der Waals surface area (Å²) >= 11 is 0. The molecule has 1 aromatic carbocycles. The van der Waals surface area contributed by atoms with Gasteiger partial charge in [-0.05, 0) is 50.3 Å². The average Bonchev–Trinajstić information content (AvgIpc) is 3.02. The molecule has 1 amide bonds. The second-order valence-electron chi connectivity index (χ2n) is 6.73. The summed E-state index contributed by atoms with van der Waals surface area (Å²) < 4.78 is 24.5. The number of hydrogen-bond acceptors (Lipinski definition) is 4. The van der Waals surface area contributed by atoms with Crippen LogP contribution in [0.25, 0.3) is 0 Å². The van der Waals surface area contributed by atoms with Crippen LogP contribution in [0.5, 0.6) is 0 Å². The minimum absolute atomic E-state index is 0.0799. The second kappa shape index (κ2) is 7.99. The van der Waals surface area contributed by atoms with Crippen molar-refractivity contribution in [3.8, 4) is 0 Å². The monoisotopic (exact) mass is 360 g/mol. The van der Waals surface area contributed by atoms with Gasteiger partial charge in [0.15, 0.2) is 0 Å². The first-order chi connectivity index (χ1) is 12.5. The van der Waals surface area contributed by atoms with E-state index in [4.69, 9.17) is 9.26 Å². The minimum Gasteiger partial charge on any atom is -0.379 e. The number of hydrogen-bond donors (Lipinski definition) is 0. The van der Waals surface area contributed by atoms with E-state index in [9.17, 15) is 9.18 Å². The Morgan fingerprint density at radius 3 is 2.96 bits per heavy atom. The van der Waals surface area contributed by atoms with E-state index in [1.165, 1.54) is 12.1 Å². The number of nitrogens with zero attached hydrogens (tertiary/aromatic N) is 2. The smallest absolute Gasteiger partial charge is 0.259 e. The first-order valence-electron chi connectivity index (χ1n) is 9.08. The van der Waals surface area contributed by atoms with Gasteiger partial charge in [0, 0.05) is 13.7 Å². The van der Waals surface area contributed by atoms with Gasteiger partial charge >= 0.3 is 0 Å². The van der Waals surface area contributed by atoms with Crippen molar-refractivity contribution in [2.24, 2.45) is 0 Å². The second-order valence-corrected chi connectivity index (χ2v) is 6.73. The number of aromatic nitrogens is 1. The van der Waals surface area contributed by atoms with Gasteiger partial charge < -0.3 is 14.2 Å². The van der Waals surface area contributed by atoms with Crippen LogP contribution in [0.15, 0.2) is 28.8 Å². The molecule has 6 heteroatoms. The number of benzene rings is 1. The Balaban J connectivity index is 1.91. The number of aryl methyl sites for hydroxylation is 2. The zero-order valence-corrected chi connectivity index (χ0v) is 15.5. The van der Waals surface area contributed by atoms with Crippen molar-refractivity contribution < 1.29 is 18.4 Å². The summed E-state index contributed by atoms with van der Waals surface area (Å²) in [7, 11) is 1.67. The number of likely N-dealkylation sites (tertiary alicyclic amines) is 1. The van der Waals surface area contributed by atoms with Gasteiger partial charge in [0.1, 0.15) is 17.1 Å². The first kappa shape index (κ1) is 18.6. The van der Waals surface area contributed by atoms with E-state index in [0.29, 0.717) is 36.4 Å². The van der Waals surface area contributed by atoms with Crippen LogP contribution >= 0.6 is 0 Å². The lowest BCUT2D eigenvalue weighted by atomic mass is 9.91. The molecule has 1 aliphatic heterocycles. The molecule has 0 aliphatic carbocycles. The number of methoxy groups -OCH3 is 1. The van der Waals surface area contributed by atoms with Crippen LogP contribution in [0, 0.1) is 12.7 Å². The number of carbonyl (C=O) groups excluding carboxylic acids is 1. The molecule has 2 aromatic rings. The molecule has 1 aromatic heterocycles. The topological polar surface area (TPSA) is 55.6 Å². The molecule has 0 saturated carbocycles. The Morgan fingerprint density at radius 2 is 2.27 bits per heavy atom. The highest BCUT2D eigenvalue weighted by molar-refractivity contribution is 5.96. The quantitative estimate of drug-likeness (QED) is 0.818. The molecule has 140 valence electrons. The van der Waals surface area contributed by atoms with Crippen LogP contribution in [-0.4, -0.2) is 41.8 Å². The SMILES string of the molecule is CCc1noc(C)c1C(=O)N1CCC[C@H](OC)[C@@H]1Cc1cccc(F)c1. The molecule has 2 atom stereocenters. The van der Waals surface area contributed by atoms with Gasteiger partial charge in [0.25, 0.3) is 5.91 Å². The summed E-state index contributed by atoms with van der Waals surface area (Å²) in [6, 6.07) is 6.37. The number of rotatable bonds is 5. The highest BCUT2D eigenvalue weighted by Crippen LogP contribution is 2.27. The zero-order chi connectivity index (χ0) is 18.7. The van der Waals surface area contributed by atoms with Crippen LogP contribution in [0.4, 0.5) is 4.39 Å². The molecule has 0 bridgehead atoms. The summed E-state index contributed by atoms with van der Waals surface area (Å²) in [5.41, 5.74) is 2.08. The van der Waals surface area contributed by atoms with E-state index in [1.54, 1.807) is 20.1 Å². The maximum atomic E-state index is 13.6. The van der Waals surface area contributed by atoms with Gasteiger partial charge in [0.05, 0.1) is 17.8 Å². The molecule has 0 radical (unpaired) electrons. The van der Waals surface area contributed by atoms with Crippen LogP contribution in [0.1, 0.15) is 47.1 Å². The van der Waals surface area contributed by atoms with Crippen molar-refractivity contribution >= 4 is 5.91 Å². The van der Waals surface area contributed by atoms with Crippen LogP contribution in [0.3, 0.4) is 0 Å². The Labute approximate surface area is 153 Å². The average molecular weight is 360 g/mol. The summed E-state index contributed by atoms with van der Waals surface area (Å²) in [6.45, 7) is 4.36. The molecular weight excluding hydrogens is 335 g/mol. The highest BCUT2D eigenvalue weighted by atomic mass is 19.1. The normalized spacial score (nSPS) is 20.4. The van der Waals surface area contributed by atoms with Gasteiger partial charge in [-0.2, -0.15) is 0 Å². The fourth-order valence-corrected chi connectivity index (χ4v) is 3.77. The number of ether oxygens (including phenoxy) is 1. The van der Waals surface area contributed by atoms with Gasteiger partial charge in [-0.15, -0.1) is 0 Å². The number of halogens is 1. The maximum absolute atomic E-state index is 13.6. The highest BCUT2D eigenvalue weighted by Gasteiger charge is 2.37. The van der Waals surface area contributed by atoms with Crippen LogP contribution < -0.4 is 0 Å². The maximum Gasteiger partial charge on any atom is 0.259 e.